The highest BCUT2D eigenvalue weighted by Crippen LogP contribution is 2.36. The van der Waals surface area contributed by atoms with Crippen LogP contribution in [-0.4, -0.2) is 52.5 Å². The van der Waals surface area contributed by atoms with Crippen LogP contribution >= 0.6 is 23.2 Å². The summed E-state index contributed by atoms with van der Waals surface area (Å²) in [5.74, 6) is -1.62. The van der Waals surface area contributed by atoms with Gasteiger partial charge in [-0.3, -0.25) is 9.36 Å². The van der Waals surface area contributed by atoms with E-state index in [0.717, 1.165) is 17.7 Å². The molecule has 18 heteroatoms. The minimum absolute atomic E-state index is 0.174. The molecule has 0 fully saturated rings. The normalized spacial score (nSPS) is 13.7. The van der Waals surface area contributed by atoms with Gasteiger partial charge in [-0.25, -0.2) is 19.1 Å². The summed E-state index contributed by atoms with van der Waals surface area (Å²) < 4.78 is 88.4. The number of halogens is 8. The molecule has 2 aromatic heterocycles. The number of hydrogen-bond acceptors (Lipinski definition) is 7. The van der Waals surface area contributed by atoms with Gasteiger partial charge in [0.05, 0.1) is 17.8 Å². The van der Waals surface area contributed by atoms with Crippen molar-refractivity contribution < 1.29 is 41.0 Å². The van der Waals surface area contributed by atoms with Crippen molar-refractivity contribution >= 4 is 29.2 Å². The van der Waals surface area contributed by atoms with Crippen molar-refractivity contribution in [1.29, 1.82) is 0 Å². The lowest BCUT2D eigenvalue weighted by Gasteiger charge is -2.17. The van der Waals surface area contributed by atoms with Crippen LogP contribution < -0.4 is 5.69 Å². The summed E-state index contributed by atoms with van der Waals surface area (Å²) in [4.78, 5) is 29.0. The second-order valence-electron chi connectivity index (χ2n) is 9.15. The molecule has 1 unspecified atom stereocenters. The van der Waals surface area contributed by atoms with E-state index >= 15 is 0 Å². The zero-order valence-electron chi connectivity index (χ0n) is 22.0. The molecule has 0 radical (unpaired) electrons. The highest BCUT2D eigenvalue weighted by Gasteiger charge is 2.40. The third-order valence-corrected chi connectivity index (χ3v) is 6.41. The lowest BCUT2D eigenvalue weighted by atomic mass is 10.1. The predicted molar refractivity (Wildman–Crippen MR) is 140 cm³/mol. The molecule has 10 nitrogen and oxygen atoms in total. The van der Waals surface area contributed by atoms with Gasteiger partial charge in [0, 0.05) is 22.5 Å². The Morgan fingerprint density at radius 2 is 1.65 bits per heavy atom. The first-order valence-electron chi connectivity index (χ1n) is 12.1. The number of ether oxygens (including phenoxy) is 1. The van der Waals surface area contributed by atoms with Gasteiger partial charge in [0.15, 0.2) is 29.7 Å². The average molecular weight is 653 g/mol. The molecule has 0 spiro atoms. The molecule has 0 saturated carbocycles. The lowest BCUT2D eigenvalue weighted by Crippen LogP contribution is -2.37. The van der Waals surface area contributed by atoms with Gasteiger partial charge in [0.25, 0.3) is 0 Å². The highest BCUT2D eigenvalue weighted by atomic mass is 35.5. The molecule has 0 aliphatic carbocycles. The monoisotopic (exact) mass is 652 g/mol. The van der Waals surface area contributed by atoms with Crippen LogP contribution in [0.15, 0.2) is 47.3 Å². The largest absolute Gasteiger partial charge is 0.455 e. The van der Waals surface area contributed by atoms with Gasteiger partial charge >= 0.3 is 24.0 Å². The molecule has 2 heterocycles. The van der Waals surface area contributed by atoms with E-state index in [-0.39, 0.29) is 33.1 Å². The molecule has 1 N–H and O–H groups in total. The maximum Gasteiger partial charge on any atom is 0.418 e. The van der Waals surface area contributed by atoms with Crippen LogP contribution in [-0.2, 0) is 28.8 Å². The van der Waals surface area contributed by atoms with Crippen molar-refractivity contribution in [1.82, 2.24) is 29.1 Å². The van der Waals surface area contributed by atoms with Crippen molar-refractivity contribution in [3.8, 4) is 17.1 Å². The Morgan fingerprint density at radius 3 is 2.23 bits per heavy atom. The van der Waals surface area contributed by atoms with Gasteiger partial charge in [-0.15, -0.1) is 10.2 Å². The molecule has 0 bridgehead atoms. The molecule has 2 atom stereocenters. The number of aliphatic hydroxyl groups excluding tert-OH is 1. The van der Waals surface area contributed by atoms with Crippen molar-refractivity contribution in [2.24, 2.45) is 0 Å². The number of aromatic nitrogens is 6. The van der Waals surface area contributed by atoms with E-state index in [2.05, 4.69) is 15.2 Å². The van der Waals surface area contributed by atoms with E-state index in [1.54, 1.807) is 0 Å². The predicted octanol–water partition coefficient (Wildman–Crippen LogP) is 5.21. The number of rotatable bonds is 8. The number of benzene rings is 2. The Balaban J connectivity index is 1.85. The van der Waals surface area contributed by atoms with Crippen LogP contribution in [0, 0.1) is 0 Å². The number of carbonyl (C=O) groups is 1. The summed E-state index contributed by atoms with van der Waals surface area (Å²) in [6.45, 7) is 0.557. The maximum absolute atomic E-state index is 13.9. The molecule has 4 aromatic rings. The van der Waals surface area contributed by atoms with Gasteiger partial charge in [0.1, 0.15) is 6.54 Å². The second-order valence-corrected chi connectivity index (χ2v) is 10.0. The van der Waals surface area contributed by atoms with Gasteiger partial charge in [0.2, 0.25) is 0 Å². The number of aliphatic hydroxyl groups is 1. The van der Waals surface area contributed by atoms with Crippen LogP contribution in [0.2, 0.25) is 10.0 Å². The first-order chi connectivity index (χ1) is 20.0. The molecule has 0 aliphatic rings. The van der Waals surface area contributed by atoms with Crippen LogP contribution in [0.5, 0.6) is 0 Å². The third kappa shape index (κ3) is 7.19. The second kappa shape index (κ2) is 12.0. The van der Waals surface area contributed by atoms with E-state index in [1.807, 2.05) is 0 Å². The number of carbonyl (C=O) groups excluding carboxylic acids is 1. The number of hydrogen-bond donors (Lipinski definition) is 1. The fourth-order valence-corrected chi connectivity index (χ4v) is 4.33. The molecule has 4 rings (SSSR count). The Kier molecular flexibility index (Phi) is 8.95. The van der Waals surface area contributed by atoms with E-state index < -0.39 is 60.6 Å². The minimum atomic E-state index is -5.06. The zero-order valence-corrected chi connectivity index (χ0v) is 23.5. The quantitative estimate of drug-likeness (QED) is 0.205. The van der Waals surface area contributed by atoms with Crippen LogP contribution in [0.4, 0.5) is 26.3 Å². The number of alkyl halides is 6. The molecule has 2 aromatic carbocycles. The van der Waals surface area contributed by atoms with E-state index in [9.17, 15) is 41.0 Å². The first-order valence-corrected chi connectivity index (χ1v) is 12.9. The number of esters is 1. The molecular formula is C25H20Cl2F6N6O4. The summed E-state index contributed by atoms with van der Waals surface area (Å²) in [7, 11) is 0. The Labute approximate surface area is 248 Å². The maximum atomic E-state index is 13.9. The zero-order chi connectivity index (χ0) is 31.9. The minimum Gasteiger partial charge on any atom is -0.455 e. The van der Waals surface area contributed by atoms with Crippen LogP contribution in [0.25, 0.3) is 17.1 Å². The molecule has 230 valence electrons. The molecule has 43 heavy (non-hydrogen) atoms. The summed E-state index contributed by atoms with van der Waals surface area (Å²) in [6, 6.07) is 8.43. The Morgan fingerprint density at radius 1 is 1.02 bits per heavy atom. The van der Waals surface area contributed by atoms with Crippen molar-refractivity contribution in [2.75, 3.05) is 0 Å². The van der Waals surface area contributed by atoms with Crippen molar-refractivity contribution in [2.45, 2.75) is 51.5 Å². The molecule has 0 aliphatic heterocycles. The summed E-state index contributed by atoms with van der Waals surface area (Å²) in [6.07, 6.45) is -14.1. The van der Waals surface area contributed by atoms with Gasteiger partial charge in [-0.1, -0.05) is 23.2 Å². The number of nitrogens with zero attached hydrogens (tertiary/aromatic N) is 6. The third-order valence-electron chi connectivity index (χ3n) is 5.92. The van der Waals surface area contributed by atoms with Gasteiger partial charge < -0.3 is 9.84 Å². The summed E-state index contributed by atoms with van der Waals surface area (Å²) in [5, 5.41) is 17.9. The topological polar surface area (TPSA) is 117 Å². The van der Waals surface area contributed by atoms with E-state index in [1.165, 1.54) is 37.3 Å². The fourth-order valence-electron chi connectivity index (χ4n) is 4.03. The van der Waals surface area contributed by atoms with Crippen molar-refractivity contribution in [3.05, 3.63) is 80.2 Å². The highest BCUT2D eigenvalue weighted by molar-refractivity contribution is 6.31. The standard InChI is InChI=1S/C25H20Cl2F6N6O4/c1-12(43-13(2)40)21-34-20(35-39(21)18-8-7-16(27)9-17(18)24(28,29)30)11-38-23(42)37(10-19(41)25(31,32)33)22(36-38)14-3-5-15(26)6-4-14/h3-9,12,19,41H,10-11H2,1-2H3/t12?,19-/m0/s1. The summed E-state index contributed by atoms with van der Waals surface area (Å²) in [5.41, 5.74) is -2.66. The van der Waals surface area contributed by atoms with E-state index in [4.69, 9.17) is 27.9 Å². The Bertz CT molecular complexity index is 1700. The van der Waals surface area contributed by atoms with Crippen LogP contribution in [0.3, 0.4) is 0 Å². The fraction of sp³-hybridized carbons (Fsp3) is 0.320. The lowest BCUT2D eigenvalue weighted by molar-refractivity contribution is -0.207. The van der Waals surface area contributed by atoms with Crippen LogP contribution in [0.1, 0.15) is 37.2 Å². The molecular weight excluding hydrogens is 633 g/mol. The first kappa shape index (κ1) is 32.0. The SMILES string of the molecule is CC(=O)OC(C)c1nc(Cn2nc(-c3ccc(Cl)cc3)n(C[C@H](O)C(F)(F)F)c2=O)nn1-c1ccc(Cl)cc1C(F)(F)F. The smallest absolute Gasteiger partial charge is 0.418 e. The summed E-state index contributed by atoms with van der Waals surface area (Å²) >= 11 is 11.7. The van der Waals surface area contributed by atoms with Gasteiger partial charge in [-0.05, 0) is 49.4 Å². The Hall–Kier alpha value is -3.89. The van der Waals surface area contributed by atoms with Gasteiger partial charge in [-0.2, -0.15) is 26.3 Å². The average Bonchev–Trinajstić information content (AvgIpc) is 3.45. The molecule has 0 saturated heterocycles. The molecule has 0 amide bonds. The van der Waals surface area contributed by atoms with E-state index in [0.29, 0.717) is 15.3 Å². The van der Waals surface area contributed by atoms with Crippen molar-refractivity contribution in [3.63, 3.8) is 0 Å².